The van der Waals surface area contributed by atoms with Gasteiger partial charge >= 0.3 is 0 Å². The van der Waals surface area contributed by atoms with Gasteiger partial charge in [0.25, 0.3) is 5.91 Å². The Kier molecular flexibility index (Phi) is 4.49. The summed E-state index contributed by atoms with van der Waals surface area (Å²) in [6.07, 6.45) is 2.48. The molecule has 0 aliphatic rings. The van der Waals surface area contributed by atoms with Crippen molar-refractivity contribution in [2.24, 2.45) is 0 Å². The Morgan fingerprint density at radius 3 is 2.89 bits per heavy atom. The molecular formula is C13H13BrN2OS. The maximum Gasteiger partial charge on any atom is 0.255 e. The predicted octanol–water partition coefficient (Wildman–Crippen LogP) is 3.22. The SMILES string of the molecule is CN(CCc1cccs1)C(=O)c1ccc(Br)nc1. The molecule has 0 aliphatic carbocycles. The van der Waals surface area contributed by atoms with Crippen molar-refractivity contribution in [3.63, 3.8) is 0 Å². The fraction of sp³-hybridized carbons (Fsp3) is 0.231. The molecule has 0 spiro atoms. The van der Waals surface area contributed by atoms with Crippen molar-refractivity contribution in [2.45, 2.75) is 6.42 Å². The molecule has 2 heterocycles. The molecule has 0 fully saturated rings. The van der Waals surface area contributed by atoms with Crippen molar-refractivity contribution in [2.75, 3.05) is 13.6 Å². The van der Waals surface area contributed by atoms with E-state index in [1.807, 2.05) is 13.1 Å². The van der Waals surface area contributed by atoms with Crippen LogP contribution in [0.25, 0.3) is 0 Å². The van der Waals surface area contributed by atoms with Gasteiger partial charge in [-0.05, 0) is 45.9 Å². The minimum absolute atomic E-state index is 0.00607. The largest absolute Gasteiger partial charge is 0.341 e. The average molecular weight is 325 g/mol. The molecule has 2 aromatic heterocycles. The van der Waals surface area contributed by atoms with E-state index in [1.165, 1.54) is 4.88 Å². The Morgan fingerprint density at radius 2 is 2.28 bits per heavy atom. The molecule has 0 saturated heterocycles. The van der Waals surface area contributed by atoms with Gasteiger partial charge in [0.1, 0.15) is 4.60 Å². The standard InChI is InChI=1S/C13H13BrN2OS/c1-16(7-6-11-3-2-8-18-11)13(17)10-4-5-12(14)15-9-10/h2-5,8-9H,6-7H2,1H3. The van der Waals surface area contributed by atoms with Crippen molar-refractivity contribution in [1.82, 2.24) is 9.88 Å². The van der Waals surface area contributed by atoms with Crippen LogP contribution in [0.5, 0.6) is 0 Å². The van der Waals surface area contributed by atoms with Crippen molar-refractivity contribution in [3.8, 4) is 0 Å². The van der Waals surface area contributed by atoms with Crippen molar-refractivity contribution >= 4 is 33.2 Å². The highest BCUT2D eigenvalue weighted by atomic mass is 79.9. The van der Waals surface area contributed by atoms with E-state index in [-0.39, 0.29) is 5.91 Å². The number of thiophene rings is 1. The Hall–Kier alpha value is -1.20. The van der Waals surface area contributed by atoms with Gasteiger partial charge in [-0.3, -0.25) is 4.79 Å². The zero-order valence-electron chi connectivity index (χ0n) is 9.97. The minimum Gasteiger partial charge on any atom is -0.341 e. The third kappa shape index (κ3) is 3.40. The van der Waals surface area contributed by atoms with E-state index in [0.29, 0.717) is 5.56 Å². The van der Waals surface area contributed by atoms with E-state index in [1.54, 1.807) is 34.6 Å². The van der Waals surface area contributed by atoms with Crippen LogP contribution < -0.4 is 0 Å². The zero-order chi connectivity index (χ0) is 13.0. The van der Waals surface area contributed by atoms with Gasteiger partial charge < -0.3 is 4.90 Å². The highest BCUT2D eigenvalue weighted by Gasteiger charge is 2.11. The Bertz CT molecular complexity index is 510. The number of rotatable bonds is 4. The van der Waals surface area contributed by atoms with Gasteiger partial charge in [0.05, 0.1) is 5.56 Å². The number of halogens is 1. The number of nitrogens with zero attached hydrogens (tertiary/aromatic N) is 2. The summed E-state index contributed by atoms with van der Waals surface area (Å²) in [5.41, 5.74) is 0.617. The summed E-state index contributed by atoms with van der Waals surface area (Å²) in [7, 11) is 1.82. The van der Waals surface area contributed by atoms with E-state index in [9.17, 15) is 4.79 Å². The fourth-order valence-electron chi connectivity index (χ4n) is 1.56. The molecule has 0 N–H and O–H groups in total. The number of amides is 1. The normalized spacial score (nSPS) is 10.3. The average Bonchev–Trinajstić information content (AvgIpc) is 2.89. The molecule has 5 heteroatoms. The second-order valence-electron chi connectivity index (χ2n) is 3.93. The Labute approximate surface area is 119 Å². The van der Waals surface area contributed by atoms with E-state index in [4.69, 9.17) is 0 Å². The second kappa shape index (κ2) is 6.11. The van der Waals surface area contributed by atoms with Gasteiger partial charge in [-0.15, -0.1) is 11.3 Å². The lowest BCUT2D eigenvalue weighted by molar-refractivity contribution is 0.0796. The van der Waals surface area contributed by atoms with E-state index >= 15 is 0 Å². The summed E-state index contributed by atoms with van der Waals surface area (Å²) in [6, 6.07) is 7.67. The van der Waals surface area contributed by atoms with Crippen LogP contribution in [-0.2, 0) is 6.42 Å². The molecular weight excluding hydrogens is 312 g/mol. The van der Waals surface area contributed by atoms with Crippen molar-refractivity contribution < 1.29 is 4.79 Å². The number of likely N-dealkylation sites (N-methyl/N-ethyl adjacent to an activating group) is 1. The molecule has 0 saturated carbocycles. The summed E-state index contributed by atoms with van der Waals surface area (Å²) in [5, 5.41) is 2.05. The summed E-state index contributed by atoms with van der Waals surface area (Å²) >= 11 is 4.97. The molecule has 2 rings (SSSR count). The van der Waals surface area contributed by atoms with Gasteiger partial charge in [0, 0.05) is 24.7 Å². The second-order valence-corrected chi connectivity index (χ2v) is 5.77. The molecule has 0 aliphatic heterocycles. The maximum atomic E-state index is 12.1. The topological polar surface area (TPSA) is 33.2 Å². The lowest BCUT2D eigenvalue weighted by Gasteiger charge is -2.16. The van der Waals surface area contributed by atoms with Crippen LogP contribution in [-0.4, -0.2) is 29.4 Å². The minimum atomic E-state index is 0.00607. The first-order valence-corrected chi connectivity index (χ1v) is 7.23. The highest BCUT2D eigenvalue weighted by Crippen LogP contribution is 2.11. The Balaban J connectivity index is 1.94. The van der Waals surface area contributed by atoms with Crippen LogP contribution in [0.1, 0.15) is 15.2 Å². The third-order valence-electron chi connectivity index (χ3n) is 2.59. The van der Waals surface area contributed by atoms with Crippen LogP contribution in [0.2, 0.25) is 0 Å². The summed E-state index contributed by atoms with van der Waals surface area (Å²) in [6.45, 7) is 0.718. The van der Waals surface area contributed by atoms with Gasteiger partial charge in [0.15, 0.2) is 0 Å². The molecule has 3 nitrogen and oxygen atoms in total. The van der Waals surface area contributed by atoms with E-state index in [2.05, 4.69) is 32.4 Å². The number of pyridine rings is 1. The highest BCUT2D eigenvalue weighted by molar-refractivity contribution is 9.10. The predicted molar refractivity (Wildman–Crippen MR) is 76.9 cm³/mol. The van der Waals surface area contributed by atoms with Crippen molar-refractivity contribution in [1.29, 1.82) is 0 Å². The van der Waals surface area contributed by atoms with E-state index in [0.717, 1.165) is 17.6 Å². The van der Waals surface area contributed by atoms with Crippen LogP contribution in [0, 0.1) is 0 Å². The number of carbonyl (C=O) groups is 1. The maximum absolute atomic E-state index is 12.1. The zero-order valence-corrected chi connectivity index (χ0v) is 12.4. The lowest BCUT2D eigenvalue weighted by atomic mass is 10.2. The number of carbonyl (C=O) groups excluding carboxylic acids is 1. The lowest BCUT2D eigenvalue weighted by Crippen LogP contribution is -2.28. The van der Waals surface area contributed by atoms with Crippen molar-refractivity contribution in [3.05, 3.63) is 50.9 Å². The smallest absolute Gasteiger partial charge is 0.255 e. The van der Waals surface area contributed by atoms with Crippen LogP contribution in [0.3, 0.4) is 0 Å². The summed E-state index contributed by atoms with van der Waals surface area (Å²) < 4.78 is 0.736. The summed E-state index contributed by atoms with van der Waals surface area (Å²) in [5.74, 6) is 0.00607. The van der Waals surface area contributed by atoms with Crippen LogP contribution >= 0.6 is 27.3 Å². The number of hydrogen-bond acceptors (Lipinski definition) is 3. The molecule has 94 valence electrons. The molecule has 0 atom stereocenters. The first kappa shape index (κ1) is 13.2. The van der Waals surface area contributed by atoms with Crippen LogP contribution in [0.15, 0.2) is 40.4 Å². The van der Waals surface area contributed by atoms with E-state index < -0.39 is 0 Å². The first-order valence-electron chi connectivity index (χ1n) is 5.56. The summed E-state index contributed by atoms with van der Waals surface area (Å²) in [4.78, 5) is 19.2. The molecule has 2 aromatic rings. The first-order chi connectivity index (χ1) is 8.66. The molecule has 0 aromatic carbocycles. The quantitative estimate of drug-likeness (QED) is 0.809. The Morgan fingerprint density at radius 1 is 1.44 bits per heavy atom. The monoisotopic (exact) mass is 324 g/mol. The third-order valence-corrected chi connectivity index (χ3v) is 4.00. The van der Waals surface area contributed by atoms with Gasteiger partial charge in [-0.1, -0.05) is 6.07 Å². The van der Waals surface area contributed by atoms with Gasteiger partial charge in [-0.2, -0.15) is 0 Å². The molecule has 18 heavy (non-hydrogen) atoms. The molecule has 1 amide bonds. The van der Waals surface area contributed by atoms with Crippen LogP contribution in [0.4, 0.5) is 0 Å². The van der Waals surface area contributed by atoms with Gasteiger partial charge in [-0.25, -0.2) is 4.98 Å². The van der Waals surface area contributed by atoms with Gasteiger partial charge in [0.2, 0.25) is 0 Å². The molecule has 0 bridgehead atoms. The number of aromatic nitrogens is 1. The number of hydrogen-bond donors (Lipinski definition) is 0. The molecule has 0 radical (unpaired) electrons. The molecule has 0 unspecified atom stereocenters. The fourth-order valence-corrected chi connectivity index (χ4v) is 2.49.